The maximum absolute atomic E-state index is 12.1. The monoisotopic (exact) mass is 268 g/mol. The van der Waals surface area contributed by atoms with E-state index in [9.17, 15) is 4.79 Å². The van der Waals surface area contributed by atoms with Crippen molar-refractivity contribution in [2.45, 2.75) is 19.5 Å². The first-order chi connectivity index (χ1) is 9.83. The normalized spacial score (nSPS) is 13.1. The van der Waals surface area contributed by atoms with Crippen molar-refractivity contribution in [2.75, 3.05) is 6.54 Å². The van der Waals surface area contributed by atoms with Crippen LogP contribution in [0, 0.1) is 0 Å². The first-order valence-corrected chi connectivity index (χ1v) is 6.67. The van der Waals surface area contributed by atoms with Crippen LogP contribution in [0.1, 0.15) is 16.8 Å². The lowest BCUT2D eigenvalue weighted by Crippen LogP contribution is -2.37. The highest BCUT2D eigenvalue weighted by Gasteiger charge is 2.23. The molecule has 20 heavy (non-hydrogen) atoms. The molecule has 0 unspecified atom stereocenters. The third kappa shape index (κ3) is 2.77. The van der Waals surface area contributed by atoms with E-state index in [-0.39, 0.29) is 6.03 Å². The Morgan fingerprint density at radius 1 is 1.25 bits per heavy atom. The molecule has 1 aliphatic heterocycles. The largest absolute Gasteiger partial charge is 0.338 e. The van der Waals surface area contributed by atoms with E-state index >= 15 is 0 Å². The molecule has 2 heterocycles. The summed E-state index contributed by atoms with van der Waals surface area (Å²) in [4.78, 5) is 22.0. The van der Waals surface area contributed by atoms with Gasteiger partial charge in [-0.2, -0.15) is 0 Å². The van der Waals surface area contributed by atoms with Crippen LogP contribution in [0.4, 0.5) is 4.79 Å². The fourth-order valence-electron chi connectivity index (χ4n) is 2.31. The van der Waals surface area contributed by atoms with Crippen LogP contribution in [0.5, 0.6) is 0 Å². The molecule has 1 aromatic heterocycles. The second-order valence-electron chi connectivity index (χ2n) is 4.82. The third-order valence-electron chi connectivity index (χ3n) is 3.40. The van der Waals surface area contributed by atoms with Crippen LogP contribution in [0.15, 0.2) is 42.9 Å². The lowest BCUT2D eigenvalue weighted by molar-refractivity contribution is 0.198. The van der Waals surface area contributed by atoms with Gasteiger partial charge in [0.05, 0.1) is 18.8 Å². The molecule has 0 saturated heterocycles. The molecular weight excluding hydrogens is 252 g/mol. The van der Waals surface area contributed by atoms with Gasteiger partial charge >= 0.3 is 6.03 Å². The number of amides is 2. The molecule has 0 saturated carbocycles. The zero-order valence-corrected chi connectivity index (χ0v) is 11.1. The Kier molecular flexibility index (Phi) is 3.58. The van der Waals surface area contributed by atoms with Crippen LogP contribution in [-0.2, 0) is 19.5 Å². The number of aromatic nitrogens is 2. The number of rotatable bonds is 3. The Morgan fingerprint density at radius 2 is 2.10 bits per heavy atom. The molecule has 102 valence electrons. The van der Waals surface area contributed by atoms with Crippen molar-refractivity contribution < 1.29 is 4.79 Å². The summed E-state index contributed by atoms with van der Waals surface area (Å²) in [6.45, 7) is 1.80. The van der Waals surface area contributed by atoms with Gasteiger partial charge < -0.3 is 10.2 Å². The first-order valence-electron chi connectivity index (χ1n) is 6.67. The molecule has 1 aliphatic rings. The molecule has 0 atom stereocenters. The first kappa shape index (κ1) is 12.6. The molecule has 0 fully saturated rings. The van der Waals surface area contributed by atoms with E-state index in [0.29, 0.717) is 19.6 Å². The fraction of sp³-hybridized carbons (Fsp3) is 0.267. The van der Waals surface area contributed by atoms with Gasteiger partial charge in [0.2, 0.25) is 0 Å². The SMILES string of the molecule is O=C(NCCc1ccccc1)N1Cc2cncnc2C1. The predicted molar refractivity (Wildman–Crippen MR) is 74.8 cm³/mol. The summed E-state index contributed by atoms with van der Waals surface area (Å²) >= 11 is 0. The summed E-state index contributed by atoms with van der Waals surface area (Å²) in [7, 11) is 0. The van der Waals surface area contributed by atoms with E-state index in [2.05, 4.69) is 27.4 Å². The van der Waals surface area contributed by atoms with Crippen LogP contribution in [-0.4, -0.2) is 27.4 Å². The van der Waals surface area contributed by atoms with Gasteiger partial charge in [0, 0.05) is 18.3 Å². The molecule has 0 bridgehead atoms. The van der Waals surface area contributed by atoms with Crippen molar-refractivity contribution in [3.8, 4) is 0 Å². The quantitative estimate of drug-likeness (QED) is 0.922. The number of fused-ring (bicyclic) bond motifs is 1. The molecule has 2 aromatic rings. The molecule has 0 spiro atoms. The highest BCUT2D eigenvalue weighted by atomic mass is 16.2. The van der Waals surface area contributed by atoms with E-state index in [1.165, 1.54) is 11.9 Å². The number of hydrogen-bond acceptors (Lipinski definition) is 3. The Balaban J connectivity index is 1.49. The molecular formula is C15H16N4O. The average Bonchev–Trinajstić information content (AvgIpc) is 2.92. The van der Waals surface area contributed by atoms with E-state index < -0.39 is 0 Å². The number of hydrogen-bond donors (Lipinski definition) is 1. The molecule has 1 aromatic carbocycles. The highest BCUT2D eigenvalue weighted by Crippen LogP contribution is 2.18. The van der Waals surface area contributed by atoms with Gasteiger partial charge in [0.1, 0.15) is 6.33 Å². The number of urea groups is 1. The minimum absolute atomic E-state index is 0.0427. The second-order valence-corrected chi connectivity index (χ2v) is 4.82. The molecule has 0 radical (unpaired) electrons. The van der Waals surface area contributed by atoms with Crippen molar-refractivity contribution in [1.82, 2.24) is 20.2 Å². The van der Waals surface area contributed by atoms with Crippen LogP contribution in [0.3, 0.4) is 0 Å². The van der Waals surface area contributed by atoms with Gasteiger partial charge in [0.15, 0.2) is 0 Å². The van der Waals surface area contributed by atoms with Gasteiger partial charge in [0.25, 0.3) is 0 Å². The number of carbonyl (C=O) groups is 1. The third-order valence-corrected chi connectivity index (χ3v) is 3.40. The standard InChI is InChI=1S/C15H16N4O/c20-15(17-7-6-12-4-2-1-3-5-12)19-9-13-8-16-11-18-14(13)10-19/h1-5,8,11H,6-7,9-10H2,(H,17,20). The summed E-state index contributed by atoms with van der Waals surface area (Å²) in [5.41, 5.74) is 3.20. The van der Waals surface area contributed by atoms with Crippen LogP contribution < -0.4 is 5.32 Å². The molecule has 1 N–H and O–H groups in total. The van der Waals surface area contributed by atoms with Crippen LogP contribution in [0.25, 0.3) is 0 Å². The molecule has 5 nitrogen and oxygen atoms in total. The zero-order chi connectivity index (χ0) is 13.8. The van der Waals surface area contributed by atoms with Gasteiger partial charge in [-0.1, -0.05) is 30.3 Å². The van der Waals surface area contributed by atoms with Crippen molar-refractivity contribution >= 4 is 6.03 Å². The van der Waals surface area contributed by atoms with Crippen molar-refractivity contribution in [2.24, 2.45) is 0 Å². The van der Waals surface area contributed by atoms with Gasteiger partial charge in [-0.3, -0.25) is 0 Å². The Bertz CT molecular complexity index is 575. The number of carbonyl (C=O) groups excluding carboxylic acids is 1. The predicted octanol–water partition coefficient (Wildman–Crippen LogP) is 1.74. The van der Waals surface area contributed by atoms with Gasteiger partial charge in [-0.05, 0) is 12.0 Å². The summed E-state index contributed by atoms with van der Waals surface area (Å²) in [6.07, 6.45) is 4.14. The fourth-order valence-corrected chi connectivity index (χ4v) is 2.31. The molecule has 0 aliphatic carbocycles. The zero-order valence-electron chi connectivity index (χ0n) is 11.1. The summed E-state index contributed by atoms with van der Waals surface area (Å²) in [5.74, 6) is 0. The summed E-state index contributed by atoms with van der Waals surface area (Å²) in [6, 6.07) is 10.1. The van der Waals surface area contributed by atoms with Crippen LogP contribution in [0.2, 0.25) is 0 Å². The average molecular weight is 268 g/mol. The minimum atomic E-state index is -0.0427. The molecule has 5 heteroatoms. The van der Waals surface area contributed by atoms with E-state index in [1.54, 1.807) is 11.1 Å². The lowest BCUT2D eigenvalue weighted by atomic mass is 10.1. The van der Waals surface area contributed by atoms with E-state index in [4.69, 9.17) is 0 Å². The Labute approximate surface area is 117 Å². The topological polar surface area (TPSA) is 58.1 Å². The van der Waals surface area contributed by atoms with Crippen LogP contribution >= 0.6 is 0 Å². The lowest BCUT2D eigenvalue weighted by Gasteiger charge is -2.16. The highest BCUT2D eigenvalue weighted by molar-refractivity contribution is 5.74. The number of nitrogens with zero attached hydrogens (tertiary/aromatic N) is 3. The van der Waals surface area contributed by atoms with Gasteiger partial charge in [-0.15, -0.1) is 0 Å². The smallest absolute Gasteiger partial charge is 0.318 e. The maximum Gasteiger partial charge on any atom is 0.318 e. The van der Waals surface area contributed by atoms with Crippen molar-refractivity contribution in [3.63, 3.8) is 0 Å². The van der Waals surface area contributed by atoms with E-state index in [1.807, 2.05) is 18.2 Å². The Morgan fingerprint density at radius 3 is 2.90 bits per heavy atom. The van der Waals surface area contributed by atoms with Crippen molar-refractivity contribution in [1.29, 1.82) is 0 Å². The maximum atomic E-state index is 12.1. The van der Waals surface area contributed by atoms with E-state index in [0.717, 1.165) is 17.7 Å². The molecule has 2 amide bonds. The summed E-state index contributed by atoms with van der Waals surface area (Å²) < 4.78 is 0. The minimum Gasteiger partial charge on any atom is -0.338 e. The molecule has 3 rings (SSSR count). The Hall–Kier alpha value is -2.43. The number of nitrogens with one attached hydrogen (secondary N) is 1. The summed E-state index contributed by atoms with van der Waals surface area (Å²) in [5, 5.41) is 2.95. The second kappa shape index (κ2) is 5.69. The van der Waals surface area contributed by atoms with Crippen molar-refractivity contribution in [3.05, 3.63) is 59.7 Å². The van der Waals surface area contributed by atoms with Gasteiger partial charge in [-0.25, -0.2) is 14.8 Å². The number of benzene rings is 1.